The molecule has 3 N–H and O–H groups in total. The summed E-state index contributed by atoms with van der Waals surface area (Å²) in [6, 6.07) is 16.4. The second-order valence-corrected chi connectivity index (χ2v) is 9.49. The zero-order valence-corrected chi connectivity index (χ0v) is 19.9. The quantitative estimate of drug-likeness (QED) is 0.140. The van der Waals surface area contributed by atoms with Crippen LogP contribution in [0.2, 0.25) is 0 Å². The molecule has 0 saturated carbocycles. The summed E-state index contributed by atoms with van der Waals surface area (Å²) in [4.78, 5) is 16.2. The number of H-pyrrole nitrogens is 1. The number of para-hydroxylation sites is 1. The highest BCUT2D eigenvalue weighted by molar-refractivity contribution is 7.12. The number of carbonyl (C=O) groups excluding carboxylic acids is 1. The summed E-state index contributed by atoms with van der Waals surface area (Å²) >= 11 is 1.43. The van der Waals surface area contributed by atoms with E-state index in [-0.39, 0.29) is 11.6 Å². The van der Waals surface area contributed by atoms with Crippen LogP contribution < -0.4 is 5.32 Å². The average molecular weight is 488 g/mol. The number of allylic oxidation sites excluding steroid dienone is 1. The molecular weight excluding hydrogens is 461 g/mol. The molecule has 5 aromatic rings. The molecule has 35 heavy (non-hydrogen) atoms. The lowest BCUT2D eigenvalue weighted by Gasteiger charge is -2.13. The number of ketones is 1. The molecule has 3 aromatic heterocycles. The largest absolute Gasteiger partial charge is 0.390 e. The molecule has 5 rings (SSSR count). The Hall–Kier alpha value is -3.52. The highest BCUT2D eigenvalue weighted by Gasteiger charge is 2.12. The van der Waals surface area contributed by atoms with Crippen molar-refractivity contribution >= 4 is 45.0 Å². The van der Waals surface area contributed by atoms with E-state index in [2.05, 4.69) is 10.3 Å². The van der Waals surface area contributed by atoms with Gasteiger partial charge >= 0.3 is 0 Å². The fourth-order valence-corrected chi connectivity index (χ4v) is 5.01. The summed E-state index contributed by atoms with van der Waals surface area (Å²) < 4.78 is 15.6. The maximum absolute atomic E-state index is 13.6. The molecule has 3 heterocycles. The summed E-state index contributed by atoms with van der Waals surface area (Å²) in [7, 11) is 0. The molecule has 0 aliphatic carbocycles. The number of nitrogens with zero attached hydrogens (tertiary/aromatic N) is 1. The fraction of sp³-hybridized carbons (Fsp3) is 0.179. The van der Waals surface area contributed by atoms with E-state index in [1.54, 1.807) is 18.2 Å². The van der Waals surface area contributed by atoms with Gasteiger partial charge < -0.3 is 20.0 Å². The Morgan fingerprint density at radius 1 is 1.17 bits per heavy atom. The Bertz CT molecular complexity index is 1480. The van der Waals surface area contributed by atoms with Crippen LogP contribution >= 0.6 is 11.3 Å². The molecule has 0 bridgehead atoms. The van der Waals surface area contributed by atoms with E-state index in [9.17, 15) is 14.3 Å². The summed E-state index contributed by atoms with van der Waals surface area (Å²) in [5.41, 5.74) is 3.92. The van der Waals surface area contributed by atoms with Gasteiger partial charge in [-0.3, -0.25) is 4.79 Å². The van der Waals surface area contributed by atoms with Crippen molar-refractivity contribution in [2.24, 2.45) is 0 Å². The van der Waals surface area contributed by atoms with E-state index in [0.29, 0.717) is 24.5 Å². The van der Waals surface area contributed by atoms with Gasteiger partial charge in [0.05, 0.1) is 11.0 Å². The number of nitrogens with one attached hydrogen (secondary N) is 2. The molecule has 0 saturated heterocycles. The van der Waals surface area contributed by atoms with Crippen LogP contribution in [0.15, 0.2) is 78.4 Å². The second-order valence-electron chi connectivity index (χ2n) is 8.54. The first-order valence-corrected chi connectivity index (χ1v) is 12.4. The van der Waals surface area contributed by atoms with Gasteiger partial charge in [-0.2, -0.15) is 0 Å². The van der Waals surface area contributed by atoms with E-state index >= 15 is 0 Å². The number of rotatable bonds is 10. The lowest BCUT2D eigenvalue weighted by Crippen LogP contribution is -2.31. The van der Waals surface area contributed by atoms with Crippen LogP contribution in [0.1, 0.15) is 20.8 Å². The lowest BCUT2D eigenvalue weighted by molar-refractivity contribution is 0.105. The molecular formula is C28H26FN3O2S. The second kappa shape index (κ2) is 10.4. The predicted molar refractivity (Wildman–Crippen MR) is 140 cm³/mol. The molecule has 1 atom stereocenters. The van der Waals surface area contributed by atoms with Crippen molar-refractivity contribution < 1.29 is 14.3 Å². The number of fused-ring (bicyclic) bond motifs is 2. The first-order valence-electron chi connectivity index (χ1n) is 11.6. The number of hydrogen-bond acceptors (Lipinski definition) is 4. The van der Waals surface area contributed by atoms with E-state index < -0.39 is 6.10 Å². The van der Waals surface area contributed by atoms with Crippen molar-refractivity contribution in [3.05, 3.63) is 100 Å². The number of hydrogen-bond donors (Lipinski definition) is 3. The van der Waals surface area contributed by atoms with Crippen molar-refractivity contribution in [3.63, 3.8) is 0 Å². The first-order chi connectivity index (χ1) is 17.1. The highest BCUT2D eigenvalue weighted by Crippen LogP contribution is 2.24. The van der Waals surface area contributed by atoms with E-state index in [1.807, 2.05) is 64.8 Å². The zero-order valence-electron chi connectivity index (χ0n) is 19.1. The molecule has 0 radical (unpaired) electrons. The Labute approximate surface area is 206 Å². The Balaban J connectivity index is 1.20. The highest BCUT2D eigenvalue weighted by atomic mass is 32.1. The van der Waals surface area contributed by atoms with Gasteiger partial charge in [0.25, 0.3) is 0 Å². The van der Waals surface area contributed by atoms with Crippen LogP contribution in [-0.2, 0) is 13.0 Å². The monoisotopic (exact) mass is 487 g/mol. The van der Waals surface area contributed by atoms with Gasteiger partial charge in [-0.1, -0.05) is 24.3 Å². The number of aliphatic hydroxyl groups excluding tert-OH is 1. The predicted octanol–water partition coefficient (Wildman–Crippen LogP) is 5.41. The van der Waals surface area contributed by atoms with Crippen molar-refractivity contribution in [1.82, 2.24) is 14.9 Å². The topological polar surface area (TPSA) is 70.1 Å². The van der Waals surface area contributed by atoms with Crippen LogP contribution in [0.3, 0.4) is 0 Å². The number of aromatic nitrogens is 2. The maximum atomic E-state index is 13.6. The van der Waals surface area contributed by atoms with Crippen molar-refractivity contribution in [2.75, 3.05) is 13.1 Å². The number of aromatic amines is 1. The molecule has 178 valence electrons. The molecule has 0 spiro atoms. The molecule has 5 nitrogen and oxygen atoms in total. The van der Waals surface area contributed by atoms with Crippen LogP contribution in [-0.4, -0.2) is 39.6 Å². The van der Waals surface area contributed by atoms with Gasteiger partial charge in [0.1, 0.15) is 5.82 Å². The Morgan fingerprint density at radius 2 is 2.06 bits per heavy atom. The van der Waals surface area contributed by atoms with Crippen molar-refractivity contribution in [2.45, 2.75) is 19.1 Å². The van der Waals surface area contributed by atoms with Gasteiger partial charge in [-0.25, -0.2) is 4.39 Å². The van der Waals surface area contributed by atoms with E-state index in [0.717, 1.165) is 39.4 Å². The fourth-order valence-electron chi connectivity index (χ4n) is 4.37. The minimum Gasteiger partial charge on any atom is -0.390 e. The van der Waals surface area contributed by atoms with Gasteiger partial charge in [-0.05, 0) is 66.4 Å². The van der Waals surface area contributed by atoms with Gasteiger partial charge in [-0.15, -0.1) is 11.3 Å². The summed E-state index contributed by atoms with van der Waals surface area (Å²) in [5, 5.41) is 17.8. The zero-order chi connectivity index (χ0) is 24.2. The van der Waals surface area contributed by atoms with Crippen LogP contribution in [0.4, 0.5) is 4.39 Å². The van der Waals surface area contributed by atoms with Crippen LogP contribution in [0, 0.1) is 5.82 Å². The third-order valence-electron chi connectivity index (χ3n) is 6.09. The van der Waals surface area contributed by atoms with Gasteiger partial charge in [0.15, 0.2) is 5.78 Å². The third-order valence-corrected chi connectivity index (χ3v) is 6.97. The maximum Gasteiger partial charge on any atom is 0.195 e. The Morgan fingerprint density at radius 3 is 2.91 bits per heavy atom. The molecule has 0 amide bonds. The van der Waals surface area contributed by atoms with Gasteiger partial charge in [0.2, 0.25) is 0 Å². The summed E-state index contributed by atoms with van der Waals surface area (Å²) in [6.45, 7) is 1.54. The number of thiophene rings is 1. The van der Waals surface area contributed by atoms with Crippen molar-refractivity contribution in [1.29, 1.82) is 0 Å². The van der Waals surface area contributed by atoms with Crippen molar-refractivity contribution in [3.8, 4) is 0 Å². The van der Waals surface area contributed by atoms with Crippen LogP contribution in [0.5, 0.6) is 0 Å². The molecule has 0 fully saturated rings. The SMILES string of the molecule is O=C(/C=C/c1cn(C[C@H](O)CNCCc2c[nH]c3ccc(F)cc23)c2ccccc12)c1cccs1. The first kappa shape index (κ1) is 23.2. The van der Waals surface area contributed by atoms with E-state index in [4.69, 9.17) is 0 Å². The smallest absolute Gasteiger partial charge is 0.195 e. The molecule has 0 aliphatic rings. The molecule has 2 aromatic carbocycles. The van der Waals surface area contributed by atoms with Gasteiger partial charge in [0, 0.05) is 52.9 Å². The minimum absolute atomic E-state index is 0.0148. The normalized spacial score (nSPS) is 12.7. The number of benzene rings is 2. The van der Waals surface area contributed by atoms with Crippen LogP contribution in [0.25, 0.3) is 27.9 Å². The number of carbonyl (C=O) groups is 1. The molecule has 0 aliphatic heterocycles. The number of halogens is 1. The van der Waals surface area contributed by atoms with E-state index in [1.165, 1.54) is 17.4 Å². The summed E-state index contributed by atoms with van der Waals surface area (Å²) in [5.74, 6) is -0.259. The molecule has 7 heteroatoms. The lowest BCUT2D eigenvalue weighted by atomic mass is 10.1. The Kier molecular flexibility index (Phi) is 6.90. The third kappa shape index (κ3) is 5.27. The minimum atomic E-state index is -0.587. The average Bonchev–Trinajstić information content (AvgIpc) is 3.60. The summed E-state index contributed by atoms with van der Waals surface area (Å²) in [6.07, 6.45) is 7.48. The standard InChI is InChI=1S/C28H26FN3O2S/c29-21-8-9-25-24(14-21)19(15-31-25)11-12-30-16-22(33)18-32-17-20(23-4-1-2-5-26(23)32)7-10-27(34)28-6-3-13-35-28/h1-10,13-15,17,22,30-31,33H,11-12,16,18H2/b10-7+/t22-/m1/s1. The number of aliphatic hydroxyl groups is 1. The molecule has 0 unspecified atom stereocenters.